The molecule has 0 aliphatic carbocycles. The van der Waals surface area contributed by atoms with Crippen molar-refractivity contribution < 1.29 is 13.9 Å². The highest BCUT2D eigenvalue weighted by atomic mass is 35.5. The first-order valence-corrected chi connectivity index (χ1v) is 9.81. The second-order valence-electron chi connectivity index (χ2n) is 6.53. The van der Waals surface area contributed by atoms with E-state index in [0.717, 1.165) is 6.42 Å². The van der Waals surface area contributed by atoms with Gasteiger partial charge in [-0.05, 0) is 32.4 Å². The number of hydrogen-bond acceptors (Lipinski definition) is 4. The summed E-state index contributed by atoms with van der Waals surface area (Å²) in [6.45, 7) is 8.31. The predicted molar refractivity (Wildman–Crippen MR) is 107 cm³/mol. The number of ether oxygens (including phenoxy) is 2. The summed E-state index contributed by atoms with van der Waals surface area (Å²) in [5.74, 6) is 0.00959. The van der Waals surface area contributed by atoms with Gasteiger partial charge in [-0.1, -0.05) is 17.7 Å². The van der Waals surface area contributed by atoms with Crippen LogP contribution in [0.5, 0.6) is 0 Å². The second kappa shape index (κ2) is 11.4. The molecule has 1 fully saturated rings. The first-order chi connectivity index (χ1) is 13.0. The molecule has 0 radical (unpaired) electrons. The molecule has 2 rings (SSSR count). The van der Waals surface area contributed by atoms with E-state index in [1.54, 1.807) is 12.1 Å². The Balaban J connectivity index is 2.07. The fourth-order valence-corrected chi connectivity index (χ4v) is 3.41. The van der Waals surface area contributed by atoms with E-state index in [2.05, 4.69) is 15.2 Å². The molecule has 1 saturated heterocycles. The Morgan fingerprint density at radius 1 is 1.56 bits per heavy atom. The molecule has 8 heteroatoms. The van der Waals surface area contributed by atoms with Crippen molar-refractivity contribution in [3.8, 4) is 0 Å². The van der Waals surface area contributed by atoms with Gasteiger partial charge in [-0.25, -0.2) is 4.39 Å². The maximum absolute atomic E-state index is 14.5. The van der Waals surface area contributed by atoms with Gasteiger partial charge in [0.2, 0.25) is 0 Å². The van der Waals surface area contributed by atoms with Crippen molar-refractivity contribution in [3.05, 3.63) is 34.6 Å². The number of morpholine rings is 1. The van der Waals surface area contributed by atoms with Crippen molar-refractivity contribution in [2.45, 2.75) is 32.4 Å². The number of aliphatic imine (C=N–C) groups is 1. The van der Waals surface area contributed by atoms with E-state index >= 15 is 0 Å². The molecule has 6 nitrogen and oxygen atoms in total. The topological polar surface area (TPSA) is 72.1 Å². The SMILES string of the molecule is CCOCCCNC(N)=NCC(c1c(F)cccc1Cl)N1CCOC(C)C1. The summed E-state index contributed by atoms with van der Waals surface area (Å²) in [6, 6.07) is 4.44. The van der Waals surface area contributed by atoms with Gasteiger partial charge in [-0.15, -0.1) is 0 Å². The Kier molecular flexibility index (Phi) is 9.27. The average molecular weight is 401 g/mol. The first-order valence-electron chi connectivity index (χ1n) is 9.44. The quantitative estimate of drug-likeness (QED) is 0.378. The molecule has 1 aliphatic rings. The third kappa shape index (κ3) is 6.92. The molecule has 0 saturated carbocycles. The molecule has 1 heterocycles. The van der Waals surface area contributed by atoms with E-state index in [1.807, 2.05) is 13.8 Å². The van der Waals surface area contributed by atoms with Crippen LogP contribution < -0.4 is 11.1 Å². The molecule has 2 atom stereocenters. The van der Waals surface area contributed by atoms with Gasteiger partial charge in [0.15, 0.2) is 5.96 Å². The minimum absolute atomic E-state index is 0.0739. The van der Waals surface area contributed by atoms with Crippen molar-refractivity contribution >= 4 is 17.6 Å². The third-order valence-electron chi connectivity index (χ3n) is 4.46. The van der Waals surface area contributed by atoms with Gasteiger partial charge >= 0.3 is 0 Å². The summed E-state index contributed by atoms with van der Waals surface area (Å²) in [7, 11) is 0. The lowest BCUT2D eigenvalue weighted by atomic mass is 10.0. The van der Waals surface area contributed by atoms with E-state index in [4.69, 9.17) is 26.8 Å². The minimum atomic E-state index is -0.329. The van der Waals surface area contributed by atoms with Crippen LogP contribution in [-0.2, 0) is 9.47 Å². The van der Waals surface area contributed by atoms with E-state index in [-0.39, 0.29) is 18.0 Å². The van der Waals surface area contributed by atoms with Crippen LogP contribution in [0.4, 0.5) is 4.39 Å². The monoisotopic (exact) mass is 400 g/mol. The van der Waals surface area contributed by atoms with E-state index < -0.39 is 0 Å². The Bertz CT molecular complexity index is 597. The lowest BCUT2D eigenvalue weighted by molar-refractivity contribution is -0.0336. The molecule has 27 heavy (non-hydrogen) atoms. The molecule has 0 bridgehead atoms. The molecule has 0 aromatic heterocycles. The fraction of sp³-hybridized carbons (Fsp3) is 0.632. The van der Waals surface area contributed by atoms with Crippen LogP contribution in [0.2, 0.25) is 5.02 Å². The number of rotatable bonds is 9. The number of nitrogens with two attached hydrogens (primary N) is 1. The van der Waals surface area contributed by atoms with Gasteiger partial charge in [-0.3, -0.25) is 9.89 Å². The lowest BCUT2D eigenvalue weighted by Crippen LogP contribution is -2.44. The molecule has 1 aliphatic heterocycles. The van der Waals surface area contributed by atoms with Crippen molar-refractivity contribution in [1.29, 1.82) is 0 Å². The van der Waals surface area contributed by atoms with Crippen LogP contribution in [0.15, 0.2) is 23.2 Å². The zero-order valence-corrected chi connectivity index (χ0v) is 16.8. The highest BCUT2D eigenvalue weighted by Gasteiger charge is 2.29. The number of halogens is 2. The highest BCUT2D eigenvalue weighted by Crippen LogP contribution is 2.31. The lowest BCUT2D eigenvalue weighted by Gasteiger charge is -2.37. The van der Waals surface area contributed by atoms with Crippen LogP contribution >= 0.6 is 11.6 Å². The molecule has 0 amide bonds. The maximum atomic E-state index is 14.5. The standard InChI is InChI=1S/C19H30ClFN4O2/c1-3-26-10-5-8-23-19(22)24-12-17(25-9-11-27-14(2)13-25)18-15(20)6-4-7-16(18)21/h4,6-7,14,17H,3,5,8-13H2,1-2H3,(H3,22,23,24). The Morgan fingerprint density at radius 2 is 2.37 bits per heavy atom. The van der Waals surface area contributed by atoms with Crippen LogP contribution in [0.25, 0.3) is 0 Å². The number of benzene rings is 1. The third-order valence-corrected chi connectivity index (χ3v) is 4.79. The highest BCUT2D eigenvalue weighted by molar-refractivity contribution is 6.31. The zero-order valence-electron chi connectivity index (χ0n) is 16.1. The molecule has 1 aromatic carbocycles. The largest absolute Gasteiger partial charge is 0.382 e. The molecular weight excluding hydrogens is 371 g/mol. The summed E-state index contributed by atoms with van der Waals surface area (Å²) in [4.78, 5) is 6.59. The van der Waals surface area contributed by atoms with Gasteiger partial charge < -0.3 is 20.5 Å². The van der Waals surface area contributed by atoms with Crippen molar-refractivity contribution in [2.75, 3.05) is 46.0 Å². The van der Waals surface area contributed by atoms with Crippen LogP contribution in [0.3, 0.4) is 0 Å². The zero-order chi connectivity index (χ0) is 19.6. The van der Waals surface area contributed by atoms with Gasteiger partial charge in [0.05, 0.1) is 25.3 Å². The van der Waals surface area contributed by atoms with Crippen molar-refractivity contribution in [2.24, 2.45) is 10.7 Å². The van der Waals surface area contributed by atoms with Crippen molar-refractivity contribution in [3.63, 3.8) is 0 Å². The van der Waals surface area contributed by atoms with E-state index in [0.29, 0.717) is 62.5 Å². The first kappa shape index (κ1) is 21.9. The van der Waals surface area contributed by atoms with E-state index in [9.17, 15) is 4.39 Å². The second-order valence-corrected chi connectivity index (χ2v) is 6.94. The number of nitrogens with one attached hydrogen (secondary N) is 1. The van der Waals surface area contributed by atoms with Gasteiger partial charge in [-0.2, -0.15) is 0 Å². The van der Waals surface area contributed by atoms with E-state index in [1.165, 1.54) is 6.07 Å². The Hall–Kier alpha value is -1.41. The summed E-state index contributed by atoms with van der Waals surface area (Å²) in [6.07, 6.45) is 0.915. The number of nitrogens with zero attached hydrogens (tertiary/aromatic N) is 2. The maximum Gasteiger partial charge on any atom is 0.188 e. The van der Waals surface area contributed by atoms with Crippen LogP contribution in [0.1, 0.15) is 31.9 Å². The van der Waals surface area contributed by atoms with Crippen molar-refractivity contribution in [1.82, 2.24) is 10.2 Å². The van der Waals surface area contributed by atoms with Gasteiger partial charge in [0.25, 0.3) is 0 Å². The Labute approximate surface area is 165 Å². The minimum Gasteiger partial charge on any atom is -0.382 e. The summed E-state index contributed by atoms with van der Waals surface area (Å²) >= 11 is 6.32. The summed E-state index contributed by atoms with van der Waals surface area (Å²) in [5, 5.41) is 3.47. The number of guanidine groups is 1. The molecule has 0 spiro atoms. The molecule has 3 N–H and O–H groups in total. The predicted octanol–water partition coefficient (Wildman–Crippen LogP) is 2.57. The molecule has 1 aromatic rings. The molecular formula is C19H30ClFN4O2. The molecule has 2 unspecified atom stereocenters. The Morgan fingerprint density at radius 3 is 3.07 bits per heavy atom. The normalized spacial score (nSPS) is 19.9. The average Bonchev–Trinajstić information content (AvgIpc) is 2.64. The van der Waals surface area contributed by atoms with Gasteiger partial charge in [0.1, 0.15) is 5.82 Å². The van der Waals surface area contributed by atoms with Crippen LogP contribution in [-0.4, -0.2) is 63.0 Å². The van der Waals surface area contributed by atoms with Crippen LogP contribution in [0, 0.1) is 5.82 Å². The summed E-state index contributed by atoms with van der Waals surface area (Å²) in [5.41, 5.74) is 6.44. The molecule has 152 valence electrons. The smallest absolute Gasteiger partial charge is 0.188 e. The fourth-order valence-electron chi connectivity index (χ4n) is 3.12. The van der Waals surface area contributed by atoms with Gasteiger partial charge in [0, 0.05) is 43.4 Å². The number of hydrogen-bond donors (Lipinski definition) is 2. The summed E-state index contributed by atoms with van der Waals surface area (Å²) < 4.78 is 25.5.